The zero-order valence-corrected chi connectivity index (χ0v) is 22.6. The highest BCUT2D eigenvalue weighted by Crippen LogP contribution is 2.56. The number of esters is 2. The molecule has 4 atom stereocenters. The first kappa shape index (κ1) is 26.5. The highest BCUT2D eigenvalue weighted by atomic mass is 19.1. The molecule has 3 unspecified atom stereocenters. The molecule has 0 aromatic heterocycles. The third-order valence-electron chi connectivity index (χ3n) is 8.45. The molecular formula is C30H35FO7. The zero-order valence-electron chi connectivity index (χ0n) is 22.6. The normalized spacial score (nSPS) is 24.6. The van der Waals surface area contributed by atoms with Gasteiger partial charge in [0, 0.05) is 5.56 Å². The van der Waals surface area contributed by atoms with Crippen molar-refractivity contribution in [1.82, 2.24) is 0 Å². The lowest BCUT2D eigenvalue weighted by molar-refractivity contribution is -0.148. The van der Waals surface area contributed by atoms with Gasteiger partial charge < -0.3 is 24.1 Å². The number of methoxy groups -OCH3 is 1. The van der Waals surface area contributed by atoms with Gasteiger partial charge in [-0.15, -0.1) is 0 Å². The molecule has 3 aliphatic rings. The first-order valence-corrected chi connectivity index (χ1v) is 13.3. The predicted molar refractivity (Wildman–Crippen MR) is 137 cm³/mol. The summed E-state index contributed by atoms with van der Waals surface area (Å²) in [7, 11) is 1.40. The van der Waals surface area contributed by atoms with Crippen molar-refractivity contribution in [3.05, 3.63) is 46.3 Å². The van der Waals surface area contributed by atoms with Gasteiger partial charge in [-0.3, -0.25) is 4.79 Å². The smallest absolute Gasteiger partial charge is 0.346 e. The molecule has 1 N–H and O–H groups in total. The highest BCUT2D eigenvalue weighted by molar-refractivity contribution is 5.97. The second kappa shape index (κ2) is 9.88. The number of fused-ring (bicyclic) bond motifs is 4. The molecule has 2 aliphatic carbocycles. The molecule has 2 saturated carbocycles. The van der Waals surface area contributed by atoms with Crippen molar-refractivity contribution in [3.63, 3.8) is 0 Å². The van der Waals surface area contributed by atoms with E-state index in [1.165, 1.54) is 19.2 Å². The molecule has 2 bridgehead atoms. The van der Waals surface area contributed by atoms with E-state index in [0.717, 1.165) is 25.7 Å². The van der Waals surface area contributed by atoms with Crippen molar-refractivity contribution in [3.8, 4) is 23.0 Å². The summed E-state index contributed by atoms with van der Waals surface area (Å²) in [5.74, 6) is -0.468. The number of carbonyl (C=O) groups is 2. The molecule has 1 heterocycles. The van der Waals surface area contributed by atoms with Crippen LogP contribution in [0.2, 0.25) is 0 Å². The number of aliphatic hydroxyl groups is 1. The molecule has 0 radical (unpaired) electrons. The molecular weight excluding hydrogens is 491 g/mol. The maximum absolute atomic E-state index is 15.3. The van der Waals surface area contributed by atoms with E-state index in [-0.39, 0.29) is 57.5 Å². The van der Waals surface area contributed by atoms with Crippen LogP contribution in [0.25, 0.3) is 0 Å². The Morgan fingerprint density at radius 2 is 2.05 bits per heavy atom. The van der Waals surface area contributed by atoms with Gasteiger partial charge in [0.1, 0.15) is 29.5 Å². The molecule has 2 aromatic rings. The Labute approximate surface area is 222 Å². The van der Waals surface area contributed by atoms with Crippen LogP contribution in [0.1, 0.15) is 86.0 Å². The topological polar surface area (TPSA) is 91.3 Å². The van der Waals surface area contributed by atoms with Crippen LogP contribution >= 0.6 is 0 Å². The lowest BCUT2D eigenvalue weighted by Crippen LogP contribution is -2.37. The lowest BCUT2D eigenvalue weighted by atomic mass is 9.75. The Balaban J connectivity index is 1.56. The van der Waals surface area contributed by atoms with E-state index in [9.17, 15) is 14.7 Å². The monoisotopic (exact) mass is 526 g/mol. The molecule has 0 spiro atoms. The van der Waals surface area contributed by atoms with Gasteiger partial charge in [0.15, 0.2) is 11.5 Å². The van der Waals surface area contributed by atoms with Crippen molar-refractivity contribution in [2.45, 2.75) is 72.5 Å². The van der Waals surface area contributed by atoms with Gasteiger partial charge >= 0.3 is 11.9 Å². The summed E-state index contributed by atoms with van der Waals surface area (Å²) < 4.78 is 38.4. The van der Waals surface area contributed by atoms with Gasteiger partial charge in [0.05, 0.1) is 24.2 Å². The fraction of sp³-hybridized carbons (Fsp3) is 0.533. The van der Waals surface area contributed by atoms with Crippen LogP contribution in [-0.2, 0) is 16.1 Å². The van der Waals surface area contributed by atoms with Crippen LogP contribution in [0.15, 0.2) is 18.2 Å². The van der Waals surface area contributed by atoms with Gasteiger partial charge in [-0.1, -0.05) is 20.3 Å². The van der Waals surface area contributed by atoms with Crippen LogP contribution < -0.4 is 14.2 Å². The fourth-order valence-corrected chi connectivity index (χ4v) is 6.44. The summed E-state index contributed by atoms with van der Waals surface area (Å²) in [6.07, 6.45) is 3.52. The summed E-state index contributed by atoms with van der Waals surface area (Å²) in [5, 5.41) is 10.8. The number of aliphatic hydroxyl groups excluding tert-OH is 1. The summed E-state index contributed by atoms with van der Waals surface area (Å²) in [6, 6.07) is 4.59. The maximum Gasteiger partial charge on any atom is 0.346 e. The standard InChI is InChI=1S/C30H35FO7/c1-15(2)10-21(32)19-8-9-22-24(27(19)35-5)28(33)36-14-20-25(31)16(3)11-23(26(20)37-22)38-29(34)30(4)13-17-6-7-18(30)12-17/h8-9,11,15,17-18,21,32H,6-7,10,12-14H2,1-5H3/t17?,18?,21-,30?/m0/s1. The van der Waals surface area contributed by atoms with E-state index in [2.05, 4.69) is 0 Å². The zero-order chi connectivity index (χ0) is 27.4. The molecule has 38 heavy (non-hydrogen) atoms. The van der Waals surface area contributed by atoms with Crippen molar-refractivity contribution < 1.29 is 38.0 Å². The van der Waals surface area contributed by atoms with Gasteiger partial charge in [-0.25, -0.2) is 9.18 Å². The average Bonchev–Trinajstić information content (AvgIpc) is 3.46. The Hall–Kier alpha value is -3.13. The van der Waals surface area contributed by atoms with Crippen LogP contribution in [0.3, 0.4) is 0 Å². The van der Waals surface area contributed by atoms with Crippen LogP contribution in [-0.4, -0.2) is 24.2 Å². The minimum absolute atomic E-state index is 0.00668. The Bertz CT molecular complexity index is 1290. The minimum atomic E-state index is -0.875. The molecule has 2 fully saturated rings. The maximum atomic E-state index is 15.3. The molecule has 2 aromatic carbocycles. The van der Waals surface area contributed by atoms with E-state index < -0.39 is 29.9 Å². The SMILES string of the molecule is COc1c([C@@H](O)CC(C)C)ccc2c1C(=O)OCc1c(F)c(C)cc(OC(=O)C3(C)CC4CCC3C4)c1O2. The number of hydrogen-bond donors (Lipinski definition) is 1. The quantitative estimate of drug-likeness (QED) is 0.343. The van der Waals surface area contributed by atoms with Crippen molar-refractivity contribution in [2.75, 3.05) is 7.11 Å². The third kappa shape index (κ3) is 4.42. The van der Waals surface area contributed by atoms with E-state index in [1.54, 1.807) is 13.0 Å². The number of cyclic esters (lactones) is 1. The molecule has 7 nitrogen and oxygen atoms in total. The third-order valence-corrected chi connectivity index (χ3v) is 8.45. The predicted octanol–water partition coefficient (Wildman–Crippen LogP) is 6.42. The Morgan fingerprint density at radius 3 is 2.68 bits per heavy atom. The number of halogens is 1. The first-order chi connectivity index (χ1) is 18.0. The van der Waals surface area contributed by atoms with Gasteiger partial charge in [0.25, 0.3) is 0 Å². The Morgan fingerprint density at radius 1 is 1.29 bits per heavy atom. The molecule has 1 aliphatic heterocycles. The summed E-state index contributed by atoms with van der Waals surface area (Å²) in [6.45, 7) is 7.05. The van der Waals surface area contributed by atoms with Crippen LogP contribution in [0.5, 0.6) is 23.0 Å². The van der Waals surface area contributed by atoms with Crippen molar-refractivity contribution in [2.24, 2.45) is 23.2 Å². The van der Waals surface area contributed by atoms with E-state index in [1.807, 2.05) is 20.8 Å². The van der Waals surface area contributed by atoms with E-state index >= 15 is 4.39 Å². The number of benzene rings is 2. The van der Waals surface area contributed by atoms with Crippen LogP contribution in [0, 0.1) is 35.9 Å². The fourth-order valence-electron chi connectivity index (χ4n) is 6.44. The van der Waals surface area contributed by atoms with Crippen LogP contribution in [0.4, 0.5) is 4.39 Å². The molecule has 204 valence electrons. The average molecular weight is 527 g/mol. The summed E-state index contributed by atoms with van der Waals surface area (Å²) in [4.78, 5) is 26.6. The van der Waals surface area contributed by atoms with Crippen molar-refractivity contribution in [1.29, 1.82) is 0 Å². The van der Waals surface area contributed by atoms with Gasteiger partial charge in [0.2, 0.25) is 0 Å². The number of rotatable bonds is 6. The second-order valence-corrected chi connectivity index (χ2v) is 11.6. The molecule has 0 amide bonds. The minimum Gasteiger partial charge on any atom is -0.495 e. The first-order valence-electron chi connectivity index (χ1n) is 13.3. The molecule has 0 saturated heterocycles. The van der Waals surface area contributed by atoms with E-state index in [0.29, 0.717) is 17.9 Å². The number of aryl methyl sites for hydroxylation is 1. The largest absolute Gasteiger partial charge is 0.495 e. The number of carbonyl (C=O) groups excluding carboxylic acids is 2. The summed E-state index contributed by atoms with van der Waals surface area (Å²) >= 11 is 0. The molecule has 8 heteroatoms. The van der Waals surface area contributed by atoms with E-state index in [4.69, 9.17) is 18.9 Å². The molecule has 5 rings (SSSR count). The summed E-state index contributed by atoms with van der Waals surface area (Å²) in [5.41, 5.74) is 0.0426. The Kier molecular flexibility index (Phi) is 6.88. The number of hydrogen-bond acceptors (Lipinski definition) is 7. The highest BCUT2D eigenvalue weighted by Gasteiger charge is 2.53. The van der Waals surface area contributed by atoms with Crippen molar-refractivity contribution >= 4 is 11.9 Å². The van der Waals surface area contributed by atoms with Gasteiger partial charge in [-0.05, 0) is 81.0 Å². The van der Waals surface area contributed by atoms with Gasteiger partial charge in [-0.2, -0.15) is 0 Å². The second-order valence-electron chi connectivity index (χ2n) is 11.6. The lowest BCUT2D eigenvalue weighted by Gasteiger charge is -2.32. The number of ether oxygens (including phenoxy) is 4.